The second-order valence-electron chi connectivity index (χ2n) is 7.05. The van der Waals surface area contributed by atoms with Crippen molar-refractivity contribution < 1.29 is 4.79 Å². The third kappa shape index (κ3) is 2.83. The molecule has 1 aliphatic heterocycles. The molecular weight excluding hydrogens is 262 g/mol. The molecule has 1 amide bonds. The van der Waals surface area contributed by atoms with Crippen LogP contribution in [0.15, 0.2) is 24.3 Å². The van der Waals surface area contributed by atoms with E-state index in [4.69, 9.17) is 0 Å². The quantitative estimate of drug-likeness (QED) is 0.781. The summed E-state index contributed by atoms with van der Waals surface area (Å²) in [5.74, 6) is 0.103. The van der Waals surface area contributed by atoms with Gasteiger partial charge in [0.15, 0.2) is 0 Å². The Hall–Kier alpha value is -1.39. The molecule has 0 aromatic heterocycles. The first-order valence-electron chi connectivity index (χ1n) is 7.88. The molecule has 1 heterocycles. The average Bonchev–Trinajstić information content (AvgIpc) is 2.89. The van der Waals surface area contributed by atoms with Gasteiger partial charge in [0.2, 0.25) is 5.91 Å². The van der Waals surface area contributed by atoms with Gasteiger partial charge in [-0.05, 0) is 42.7 Å². The number of amides is 1. The number of hydrazine groups is 1. The van der Waals surface area contributed by atoms with Crippen molar-refractivity contribution in [2.45, 2.75) is 63.6 Å². The van der Waals surface area contributed by atoms with Crippen molar-refractivity contribution in [3.63, 3.8) is 0 Å². The highest BCUT2D eigenvalue weighted by molar-refractivity contribution is 5.82. The molecule has 1 aromatic carbocycles. The number of hydrogen-bond acceptors (Lipinski definition) is 3. The Bertz CT molecular complexity index is 541. The van der Waals surface area contributed by atoms with Gasteiger partial charge in [-0.25, -0.2) is 5.43 Å². The monoisotopic (exact) mass is 287 g/mol. The lowest BCUT2D eigenvalue weighted by atomic mass is 9.71. The van der Waals surface area contributed by atoms with Gasteiger partial charge in [0.1, 0.15) is 6.04 Å². The molecule has 1 saturated heterocycles. The van der Waals surface area contributed by atoms with E-state index in [9.17, 15) is 4.79 Å². The van der Waals surface area contributed by atoms with Gasteiger partial charge in [0.25, 0.3) is 0 Å². The lowest BCUT2D eigenvalue weighted by Crippen LogP contribution is -2.45. The van der Waals surface area contributed by atoms with Crippen molar-refractivity contribution in [1.29, 1.82) is 0 Å². The molecule has 0 radical (unpaired) electrons. The van der Waals surface area contributed by atoms with Gasteiger partial charge in [-0.15, -0.1) is 0 Å². The first-order chi connectivity index (χ1) is 9.97. The molecule has 4 heteroatoms. The number of hydrogen-bond donors (Lipinski definition) is 3. The molecule has 3 N–H and O–H groups in total. The number of carbonyl (C=O) groups is 1. The van der Waals surface area contributed by atoms with Crippen LogP contribution in [0.2, 0.25) is 0 Å². The number of carbonyl (C=O) groups excluding carboxylic acids is 1. The summed E-state index contributed by atoms with van der Waals surface area (Å²) >= 11 is 0. The predicted molar refractivity (Wildman–Crippen MR) is 83.7 cm³/mol. The smallest absolute Gasteiger partial charge is 0.239 e. The first kappa shape index (κ1) is 14.5. The largest absolute Gasteiger partial charge is 0.348 e. The summed E-state index contributed by atoms with van der Waals surface area (Å²) < 4.78 is 0. The Kier molecular flexibility index (Phi) is 3.76. The molecule has 3 rings (SSSR count). The molecule has 3 atom stereocenters. The predicted octanol–water partition coefficient (Wildman–Crippen LogP) is 2.17. The fourth-order valence-electron chi connectivity index (χ4n) is 3.52. The lowest BCUT2D eigenvalue weighted by Gasteiger charge is -2.37. The van der Waals surface area contributed by atoms with Gasteiger partial charge in [0, 0.05) is 6.04 Å². The summed E-state index contributed by atoms with van der Waals surface area (Å²) in [5.41, 5.74) is 9.02. The third-order valence-corrected chi connectivity index (χ3v) is 4.85. The lowest BCUT2D eigenvalue weighted by molar-refractivity contribution is -0.123. The van der Waals surface area contributed by atoms with Crippen LogP contribution < -0.4 is 16.2 Å². The Balaban J connectivity index is 1.76. The molecule has 1 aromatic rings. The molecular formula is C17H25N3O. The molecule has 0 saturated carbocycles. The second-order valence-corrected chi connectivity index (χ2v) is 7.05. The zero-order valence-electron chi connectivity index (χ0n) is 13.1. The summed E-state index contributed by atoms with van der Waals surface area (Å²) in [7, 11) is 0. The maximum atomic E-state index is 12.4. The summed E-state index contributed by atoms with van der Waals surface area (Å²) in [4.78, 5) is 12.4. The molecule has 1 fully saturated rings. The number of nitrogens with one attached hydrogen (secondary N) is 3. The molecule has 2 aliphatic rings. The highest BCUT2D eigenvalue weighted by atomic mass is 16.2. The number of fused-ring (bicyclic) bond motifs is 1. The van der Waals surface area contributed by atoms with Crippen molar-refractivity contribution in [3.05, 3.63) is 35.4 Å². The van der Waals surface area contributed by atoms with E-state index < -0.39 is 0 Å². The number of rotatable bonds is 2. The van der Waals surface area contributed by atoms with Crippen molar-refractivity contribution in [2.75, 3.05) is 0 Å². The fourth-order valence-corrected chi connectivity index (χ4v) is 3.52. The van der Waals surface area contributed by atoms with Crippen LogP contribution in [-0.2, 0) is 10.2 Å². The zero-order chi connectivity index (χ0) is 15.0. The van der Waals surface area contributed by atoms with E-state index in [-0.39, 0.29) is 23.4 Å². The van der Waals surface area contributed by atoms with Gasteiger partial charge in [-0.3, -0.25) is 10.2 Å². The fraction of sp³-hybridized carbons (Fsp3) is 0.588. The minimum Gasteiger partial charge on any atom is -0.348 e. The van der Waals surface area contributed by atoms with E-state index in [1.54, 1.807) is 0 Å². The topological polar surface area (TPSA) is 53.2 Å². The highest BCUT2D eigenvalue weighted by Gasteiger charge is 2.34. The van der Waals surface area contributed by atoms with E-state index in [2.05, 4.69) is 61.2 Å². The Morgan fingerprint density at radius 1 is 1.29 bits per heavy atom. The van der Waals surface area contributed by atoms with Crippen LogP contribution >= 0.6 is 0 Å². The molecule has 1 aliphatic carbocycles. The van der Waals surface area contributed by atoms with Crippen molar-refractivity contribution >= 4 is 5.91 Å². The normalized spacial score (nSPS) is 30.7. The van der Waals surface area contributed by atoms with Crippen LogP contribution in [0.1, 0.15) is 57.2 Å². The van der Waals surface area contributed by atoms with Crippen molar-refractivity contribution in [1.82, 2.24) is 16.2 Å². The van der Waals surface area contributed by atoms with E-state index in [1.807, 2.05) is 0 Å². The molecule has 21 heavy (non-hydrogen) atoms. The second kappa shape index (κ2) is 5.43. The minimum absolute atomic E-state index is 0.103. The van der Waals surface area contributed by atoms with Crippen molar-refractivity contribution in [3.8, 4) is 0 Å². The molecule has 0 bridgehead atoms. The van der Waals surface area contributed by atoms with Crippen molar-refractivity contribution in [2.24, 2.45) is 0 Å². The summed E-state index contributed by atoms with van der Waals surface area (Å²) in [6.07, 6.45) is 2.94. The van der Waals surface area contributed by atoms with Gasteiger partial charge in [0.05, 0.1) is 6.04 Å². The van der Waals surface area contributed by atoms with E-state index in [0.29, 0.717) is 6.04 Å². The van der Waals surface area contributed by atoms with Crippen LogP contribution in [0.25, 0.3) is 0 Å². The maximum absolute atomic E-state index is 12.4. The number of benzene rings is 1. The molecule has 114 valence electrons. The highest BCUT2D eigenvalue weighted by Crippen LogP contribution is 2.41. The zero-order valence-corrected chi connectivity index (χ0v) is 13.1. The molecule has 3 unspecified atom stereocenters. The Labute approximate surface area is 126 Å². The van der Waals surface area contributed by atoms with E-state index in [1.165, 1.54) is 11.1 Å². The van der Waals surface area contributed by atoms with Crippen LogP contribution in [0, 0.1) is 0 Å². The Morgan fingerprint density at radius 2 is 2.05 bits per heavy atom. The van der Waals surface area contributed by atoms with Gasteiger partial charge in [-0.1, -0.05) is 38.1 Å². The standard InChI is InChI=1S/C17H25N3O/c1-11-10-15(20-19-11)16(21)18-14-8-9-17(2,3)13-7-5-4-6-12(13)14/h4-7,11,14-15,19-20H,8-10H2,1-3H3,(H,18,21). The summed E-state index contributed by atoms with van der Waals surface area (Å²) in [5, 5.41) is 3.23. The maximum Gasteiger partial charge on any atom is 0.239 e. The van der Waals surface area contributed by atoms with Crippen LogP contribution in [0.3, 0.4) is 0 Å². The third-order valence-electron chi connectivity index (χ3n) is 4.85. The average molecular weight is 287 g/mol. The van der Waals surface area contributed by atoms with Gasteiger partial charge >= 0.3 is 0 Å². The van der Waals surface area contributed by atoms with Crippen LogP contribution in [-0.4, -0.2) is 18.0 Å². The summed E-state index contributed by atoms with van der Waals surface area (Å²) in [6, 6.07) is 8.88. The van der Waals surface area contributed by atoms with Gasteiger partial charge in [-0.2, -0.15) is 0 Å². The van der Waals surface area contributed by atoms with Crippen LogP contribution in [0.4, 0.5) is 0 Å². The molecule has 4 nitrogen and oxygen atoms in total. The SMILES string of the molecule is CC1CC(C(=O)NC2CCC(C)(C)c3ccccc32)NN1. The molecule has 0 spiro atoms. The van der Waals surface area contributed by atoms with Gasteiger partial charge < -0.3 is 5.32 Å². The van der Waals surface area contributed by atoms with Crippen LogP contribution in [0.5, 0.6) is 0 Å². The van der Waals surface area contributed by atoms with E-state index in [0.717, 1.165) is 19.3 Å². The summed E-state index contributed by atoms with van der Waals surface area (Å²) in [6.45, 7) is 6.65. The van der Waals surface area contributed by atoms with E-state index >= 15 is 0 Å². The Morgan fingerprint density at radius 3 is 2.76 bits per heavy atom. The minimum atomic E-state index is -0.123. The first-order valence-corrected chi connectivity index (χ1v) is 7.88.